The Labute approximate surface area is 102 Å². The largest absolute Gasteiger partial charge is 0.283 e. The van der Waals surface area contributed by atoms with Crippen LogP contribution in [0.2, 0.25) is 5.02 Å². The van der Waals surface area contributed by atoms with Crippen molar-refractivity contribution in [1.29, 1.82) is 0 Å². The molecule has 3 nitrogen and oxygen atoms in total. The van der Waals surface area contributed by atoms with E-state index in [-0.39, 0.29) is 11.7 Å². The Balaban J connectivity index is 2.84. The summed E-state index contributed by atoms with van der Waals surface area (Å²) in [6, 6.07) is 5.11. The molecule has 0 unspecified atom stereocenters. The quantitative estimate of drug-likeness (QED) is 0.906. The van der Waals surface area contributed by atoms with Crippen LogP contribution in [0.25, 0.3) is 0 Å². The minimum Gasteiger partial charge on any atom is -0.283 e. The summed E-state index contributed by atoms with van der Waals surface area (Å²) < 4.78 is 25.8. The van der Waals surface area contributed by atoms with Crippen LogP contribution in [-0.4, -0.2) is 14.2 Å². The molecule has 0 atom stereocenters. The highest BCUT2D eigenvalue weighted by Crippen LogP contribution is 2.21. The lowest BCUT2D eigenvalue weighted by Crippen LogP contribution is -2.20. The predicted octanol–water partition coefficient (Wildman–Crippen LogP) is 3.05. The zero-order valence-electron chi connectivity index (χ0n) is 9.62. The van der Waals surface area contributed by atoms with Gasteiger partial charge in [-0.1, -0.05) is 31.5 Å². The van der Waals surface area contributed by atoms with Gasteiger partial charge in [0.05, 0.1) is 5.75 Å². The Hall–Kier alpha value is -0.740. The van der Waals surface area contributed by atoms with E-state index in [4.69, 9.17) is 11.6 Å². The molecule has 0 aliphatic heterocycles. The van der Waals surface area contributed by atoms with Gasteiger partial charge in [-0.05, 0) is 30.5 Å². The highest BCUT2D eigenvalue weighted by molar-refractivity contribution is 7.92. The number of benzene rings is 1. The number of anilines is 1. The maximum Gasteiger partial charge on any atom is 0.232 e. The molecule has 1 aromatic rings. The maximum absolute atomic E-state index is 11.7. The summed E-state index contributed by atoms with van der Waals surface area (Å²) >= 11 is 5.91. The van der Waals surface area contributed by atoms with Gasteiger partial charge in [0.15, 0.2) is 0 Å². The summed E-state index contributed by atoms with van der Waals surface area (Å²) in [5.74, 6) is 0.205. The molecule has 0 aliphatic rings. The fourth-order valence-corrected chi connectivity index (χ4v) is 2.94. The van der Waals surface area contributed by atoms with E-state index in [0.717, 1.165) is 5.56 Å². The smallest absolute Gasteiger partial charge is 0.232 e. The molecule has 1 N–H and O–H groups in total. The molecule has 0 aromatic heterocycles. The van der Waals surface area contributed by atoms with Crippen LogP contribution in [0.4, 0.5) is 5.69 Å². The van der Waals surface area contributed by atoms with Crippen LogP contribution in [-0.2, 0) is 10.0 Å². The normalized spacial score (nSPS) is 11.8. The van der Waals surface area contributed by atoms with Gasteiger partial charge in [0.1, 0.15) is 0 Å². The second kappa shape index (κ2) is 5.06. The summed E-state index contributed by atoms with van der Waals surface area (Å²) in [7, 11) is -3.27. The van der Waals surface area contributed by atoms with E-state index in [0.29, 0.717) is 10.7 Å². The molecule has 1 aromatic carbocycles. The van der Waals surface area contributed by atoms with Crippen molar-refractivity contribution in [3.8, 4) is 0 Å². The van der Waals surface area contributed by atoms with Gasteiger partial charge in [-0.25, -0.2) is 8.42 Å². The Morgan fingerprint density at radius 1 is 1.38 bits per heavy atom. The molecular weight excluding hydrogens is 246 g/mol. The molecule has 0 amide bonds. The Morgan fingerprint density at radius 2 is 2.00 bits per heavy atom. The number of sulfonamides is 1. The second-order valence-corrected chi connectivity index (χ2v) is 6.42. The van der Waals surface area contributed by atoms with Gasteiger partial charge < -0.3 is 0 Å². The molecule has 0 fully saturated rings. The van der Waals surface area contributed by atoms with E-state index in [1.807, 2.05) is 20.8 Å². The molecule has 0 bridgehead atoms. The summed E-state index contributed by atoms with van der Waals surface area (Å²) in [4.78, 5) is 0. The molecule has 0 radical (unpaired) electrons. The third kappa shape index (κ3) is 4.02. The average molecular weight is 262 g/mol. The highest BCUT2D eigenvalue weighted by Gasteiger charge is 2.13. The van der Waals surface area contributed by atoms with Crippen molar-refractivity contribution in [2.24, 2.45) is 5.92 Å². The third-order valence-electron chi connectivity index (χ3n) is 2.00. The lowest BCUT2D eigenvalue weighted by Gasteiger charge is -2.10. The number of halogens is 1. The third-order valence-corrected chi connectivity index (χ3v) is 4.06. The fourth-order valence-electron chi connectivity index (χ4n) is 1.32. The van der Waals surface area contributed by atoms with Gasteiger partial charge >= 0.3 is 0 Å². The first-order valence-corrected chi connectivity index (χ1v) is 7.10. The number of hydrogen-bond donors (Lipinski definition) is 1. The molecule has 16 heavy (non-hydrogen) atoms. The Kier molecular flexibility index (Phi) is 4.21. The number of rotatable bonds is 4. The standard InChI is InChI=1S/C11H16ClNO2S/c1-8(2)7-16(14,15)13-10-5-4-9(3)11(12)6-10/h4-6,8,13H,7H2,1-3H3. The van der Waals surface area contributed by atoms with Gasteiger partial charge in [-0.3, -0.25) is 4.72 Å². The summed E-state index contributed by atoms with van der Waals surface area (Å²) in [6.07, 6.45) is 0. The molecule has 1 rings (SSSR count). The van der Waals surface area contributed by atoms with Crippen LogP contribution < -0.4 is 4.72 Å². The van der Waals surface area contributed by atoms with Crippen LogP contribution >= 0.6 is 11.6 Å². The van der Waals surface area contributed by atoms with Crippen LogP contribution in [0.1, 0.15) is 19.4 Å². The van der Waals surface area contributed by atoms with E-state index >= 15 is 0 Å². The van der Waals surface area contributed by atoms with Crippen molar-refractivity contribution >= 4 is 27.3 Å². The fraction of sp³-hybridized carbons (Fsp3) is 0.455. The molecular formula is C11H16ClNO2S. The van der Waals surface area contributed by atoms with Crippen LogP contribution in [0.3, 0.4) is 0 Å². The molecule has 0 aliphatic carbocycles. The monoisotopic (exact) mass is 261 g/mol. The van der Waals surface area contributed by atoms with E-state index in [1.165, 1.54) is 0 Å². The topological polar surface area (TPSA) is 46.2 Å². The van der Waals surface area contributed by atoms with E-state index in [9.17, 15) is 8.42 Å². The lowest BCUT2D eigenvalue weighted by molar-refractivity contribution is 0.587. The van der Waals surface area contributed by atoms with Crippen LogP contribution in [0, 0.1) is 12.8 Å². The number of hydrogen-bond acceptors (Lipinski definition) is 2. The molecule has 5 heteroatoms. The van der Waals surface area contributed by atoms with Gasteiger partial charge in [0.2, 0.25) is 10.0 Å². The van der Waals surface area contributed by atoms with Crippen molar-refractivity contribution in [2.45, 2.75) is 20.8 Å². The van der Waals surface area contributed by atoms with Gasteiger partial charge in [0, 0.05) is 10.7 Å². The summed E-state index contributed by atoms with van der Waals surface area (Å²) in [6.45, 7) is 5.59. The summed E-state index contributed by atoms with van der Waals surface area (Å²) in [5, 5.41) is 0.560. The lowest BCUT2D eigenvalue weighted by atomic mass is 10.2. The van der Waals surface area contributed by atoms with Crippen molar-refractivity contribution in [2.75, 3.05) is 10.5 Å². The maximum atomic E-state index is 11.7. The van der Waals surface area contributed by atoms with Gasteiger partial charge in [-0.2, -0.15) is 0 Å². The minimum atomic E-state index is -3.27. The first-order valence-electron chi connectivity index (χ1n) is 5.07. The second-order valence-electron chi connectivity index (χ2n) is 4.24. The van der Waals surface area contributed by atoms with E-state index < -0.39 is 10.0 Å². The summed E-state index contributed by atoms with van der Waals surface area (Å²) in [5.41, 5.74) is 1.43. The van der Waals surface area contributed by atoms with E-state index in [2.05, 4.69) is 4.72 Å². The van der Waals surface area contributed by atoms with Crippen LogP contribution in [0.15, 0.2) is 18.2 Å². The van der Waals surface area contributed by atoms with Crippen molar-refractivity contribution in [3.05, 3.63) is 28.8 Å². The number of aryl methyl sites for hydroxylation is 1. The number of nitrogens with one attached hydrogen (secondary N) is 1. The molecule has 0 spiro atoms. The van der Waals surface area contributed by atoms with E-state index in [1.54, 1.807) is 18.2 Å². The molecule has 0 saturated heterocycles. The van der Waals surface area contributed by atoms with Gasteiger partial charge in [-0.15, -0.1) is 0 Å². The van der Waals surface area contributed by atoms with Crippen molar-refractivity contribution in [1.82, 2.24) is 0 Å². The predicted molar refractivity (Wildman–Crippen MR) is 68.4 cm³/mol. The zero-order valence-corrected chi connectivity index (χ0v) is 11.2. The first-order chi connectivity index (χ1) is 7.30. The van der Waals surface area contributed by atoms with Crippen molar-refractivity contribution in [3.63, 3.8) is 0 Å². The zero-order chi connectivity index (χ0) is 12.3. The van der Waals surface area contributed by atoms with Gasteiger partial charge in [0.25, 0.3) is 0 Å². The van der Waals surface area contributed by atoms with Crippen LogP contribution in [0.5, 0.6) is 0 Å². The Bertz CT molecular complexity index is 469. The molecule has 90 valence electrons. The Morgan fingerprint density at radius 3 is 2.50 bits per heavy atom. The first kappa shape index (κ1) is 13.3. The average Bonchev–Trinajstić information content (AvgIpc) is 2.08. The minimum absolute atomic E-state index is 0.0958. The highest BCUT2D eigenvalue weighted by atomic mass is 35.5. The molecule has 0 heterocycles. The van der Waals surface area contributed by atoms with Crippen molar-refractivity contribution < 1.29 is 8.42 Å². The SMILES string of the molecule is Cc1ccc(NS(=O)(=O)CC(C)C)cc1Cl. The molecule has 0 saturated carbocycles.